The quantitative estimate of drug-likeness (QED) is 0.793. The Labute approximate surface area is 126 Å². The first-order chi connectivity index (χ1) is 10.0. The minimum atomic E-state index is -0.297. The van der Waals surface area contributed by atoms with E-state index < -0.39 is 0 Å². The number of carbonyl (C=O) groups excluding carboxylic acids is 1. The summed E-state index contributed by atoms with van der Waals surface area (Å²) in [5.41, 5.74) is 5.74. The number of rotatable bonds is 4. The Kier molecular flexibility index (Phi) is 4.73. The van der Waals surface area contributed by atoms with Crippen molar-refractivity contribution in [1.29, 1.82) is 0 Å². The second kappa shape index (κ2) is 6.53. The largest absolute Gasteiger partial charge is 0.462 e. The van der Waals surface area contributed by atoms with Gasteiger partial charge in [0, 0.05) is 5.56 Å². The third-order valence-electron chi connectivity index (χ3n) is 3.32. The lowest BCUT2D eigenvalue weighted by Gasteiger charge is -2.10. The molecule has 0 N–H and O–H groups in total. The Hall–Kier alpha value is -2.16. The molecule has 1 aromatic heterocycles. The van der Waals surface area contributed by atoms with Crippen LogP contribution < -0.4 is 0 Å². The first-order valence-corrected chi connectivity index (χ1v) is 7.30. The number of nitrogens with zero attached hydrogens (tertiary/aromatic N) is 1. The molecule has 0 amide bonds. The van der Waals surface area contributed by atoms with Gasteiger partial charge in [0.25, 0.3) is 0 Å². The van der Waals surface area contributed by atoms with Crippen LogP contribution in [0.1, 0.15) is 41.0 Å². The van der Waals surface area contributed by atoms with Gasteiger partial charge in [0.2, 0.25) is 0 Å². The molecule has 0 unspecified atom stereocenters. The van der Waals surface area contributed by atoms with Crippen LogP contribution in [0.5, 0.6) is 0 Å². The van der Waals surface area contributed by atoms with Crippen LogP contribution in [0.15, 0.2) is 30.3 Å². The van der Waals surface area contributed by atoms with E-state index in [0.29, 0.717) is 18.6 Å². The number of hydrogen-bond donors (Lipinski definition) is 0. The number of aromatic nitrogens is 1. The van der Waals surface area contributed by atoms with Crippen molar-refractivity contribution < 1.29 is 9.53 Å². The molecular formula is C18H21NO2. The maximum absolute atomic E-state index is 11.9. The summed E-state index contributed by atoms with van der Waals surface area (Å²) < 4.78 is 5.08. The first-order valence-electron chi connectivity index (χ1n) is 7.30. The van der Waals surface area contributed by atoms with E-state index in [9.17, 15) is 4.79 Å². The highest BCUT2D eigenvalue weighted by molar-refractivity contribution is 5.91. The molecule has 0 fully saturated rings. The van der Waals surface area contributed by atoms with Crippen LogP contribution in [0, 0.1) is 13.8 Å². The molecule has 0 spiro atoms. The molecule has 21 heavy (non-hydrogen) atoms. The molecule has 0 aliphatic carbocycles. The fourth-order valence-electron chi connectivity index (χ4n) is 2.45. The molecule has 0 saturated carbocycles. The van der Waals surface area contributed by atoms with Gasteiger partial charge in [0.05, 0.1) is 23.6 Å². The number of aryl methyl sites for hydroxylation is 3. The van der Waals surface area contributed by atoms with Gasteiger partial charge in [0.15, 0.2) is 0 Å². The Morgan fingerprint density at radius 1 is 1.10 bits per heavy atom. The summed E-state index contributed by atoms with van der Waals surface area (Å²) in [4.78, 5) is 16.6. The lowest BCUT2D eigenvalue weighted by molar-refractivity contribution is 0.0524. The smallest absolute Gasteiger partial charge is 0.339 e. The molecule has 3 heteroatoms. The number of benzene rings is 1. The van der Waals surface area contributed by atoms with Gasteiger partial charge < -0.3 is 4.74 Å². The van der Waals surface area contributed by atoms with Gasteiger partial charge in [-0.2, -0.15) is 0 Å². The number of hydrogen-bond acceptors (Lipinski definition) is 3. The summed E-state index contributed by atoms with van der Waals surface area (Å²) in [5, 5.41) is 0. The normalized spacial score (nSPS) is 10.5. The van der Waals surface area contributed by atoms with E-state index in [4.69, 9.17) is 4.74 Å². The standard InChI is InChI=1S/C18H21NO2/c1-5-16-15(18(20)21-6-2)7-8-17(19-16)14-10-12(3)9-13(4)11-14/h7-11H,5-6H2,1-4H3. The molecule has 0 aliphatic heterocycles. The summed E-state index contributed by atoms with van der Waals surface area (Å²) >= 11 is 0. The van der Waals surface area contributed by atoms with E-state index in [1.54, 1.807) is 6.92 Å². The molecule has 2 rings (SSSR count). The van der Waals surface area contributed by atoms with E-state index in [1.165, 1.54) is 11.1 Å². The zero-order valence-electron chi connectivity index (χ0n) is 13.1. The Morgan fingerprint density at radius 3 is 2.33 bits per heavy atom. The molecule has 0 bridgehead atoms. The van der Waals surface area contributed by atoms with Crippen LogP contribution in [-0.4, -0.2) is 17.6 Å². The number of carbonyl (C=O) groups is 1. The molecule has 0 radical (unpaired) electrons. The minimum Gasteiger partial charge on any atom is -0.462 e. The number of pyridine rings is 1. The summed E-state index contributed by atoms with van der Waals surface area (Å²) in [6, 6.07) is 10.1. The second-order valence-electron chi connectivity index (χ2n) is 5.14. The SMILES string of the molecule is CCOC(=O)c1ccc(-c2cc(C)cc(C)c2)nc1CC. The summed E-state index contributed by atoms with van der Waals surface area (Å²) in [6.45, 7) is 8.33. The molecule has 0 saturated heterocycles. The van der Waals surface area contributed by atoms with Gasteiger partial charge in [0.1, 0.15) is 0 Å². The van der Waals surface area contributed by atoms with Crippen molar-refractivity contribution >= 4 is 5.97 Å². The van der Waals surface area contributed by atoms with Crippen molar-refractivity contribution in [2.45, 2.75) is 34.1 Å². The topological polar surface area (TPSA) is 39.2 Å². The van der Waals surface area contributed by atoms with Crippen molar-refractivity contribution in [3.63, 3.8) is 0 Å². The second-order valence-corrected chi connectivity index (χ2v) is 5.14. The lowest BCUT2D eigenvalue weighted by Crippen LogP contribution is -2.09. The average molecular weight is 283 g/mol. The van der Waals surface area contributed by atoms with Crippen molar-refractivity contribution in [3.05, 3.63) is 52.7 Å². The van der Waals surface area contributed by atoms with Crippen LogP contribution in [0.3, 0.4) is 0 Å². The van der Waals surface area contributed by atoms with Crippen LogP contribution in [-0.2, 0) is 11.2 Å². The van der Waals surface area contributed by atoms with E-state index in [0.717, 1.165) is 17.0 Å². The molecule has 0 atom stereocenters. The Balaban J connectivity index is 2.45. The van der Waals surface area contributed by atoms with Gasteiger partial charge in [-0.25, -0.2) is 4.79 Å². The van der Waals surface area contributed by atoms with Gasteiger partial charge in [-0.3, -0.25) is 4.98 Å². The molecule has 3 nitrogen and oxygen atoms in total. The van der Waals surface area contributed by atoms with Crippen LogP contribution in [0.25, 0.3) is 11.3 Å². The number of esters is 1. The summed E-state index contributed by atoms with van der Waals surface area (Å²) in [7, 11) is 0. The van der Waals surface area contributed by atoms with Gasteiger partial charge in [-0.05, 0) is 51.5 Å². The number of ether oxygens (including phenoxy) is 1. The highest BCUT2D eigenvalue weighted by Crippen LogP contribution is 2.22. The van der Waals surface area contributed by atoms with Crippen LogP contribution in [0.4, 0.5) is 0 Å². The predicted octanol–water partition coefficient (Wildman–Crippen LogP) is 4.10. The fourth-order valence-corrected chi connectivity index (χ4v) is 2.45. The Bertz CT molecular complexity index is 642. The van der Waals surface area contributed by atoms with Gasteiger partial charge in [-0.15, -0.1) is 0 Å². The maximum Gasteiger partial charge on any atom is 0.339 e. The monoisotopic (exact) mass is 283 g/mol. The van der Waals surface area contributed by atoms with E-state index >= 15 is 0 Å². The summed E-state index contributed by atoms with van der Waals surface area (Å²) in [6.07, 6.45) is 0.701. The molecule has 110 valence electrons. The molecule has 0 aliphatic rings. The van der Waals surface area contributed by atoms with Crippen LogP contribution in [0.2, 0.25) is 0 Å². The van der Waals surface area contributed by atoms with Crippen molar-refractivity contribution in [2.24, 2.45) is 0 Å². The maximum atomic E-state index is 11.9. The van der Waals surface area contributed by atoms with E-state index in [1.807, 2.05) is 19.1 Å². The van der Waals surface area contributed by atoms with Gasteiger partial charge >= 0.3 is 5.97 Å². The minimum absolute atomic E-state index is 0.297. The van der Waals surface area contributed by atoms with E-state index in [-0.39, 0.29) is 5.97 Å². The molecule has 1 heterocycles. The summed E-state index contributed by atoms with van der Waals surface area (Å²) in [5.74, 6) is -0.297. The van der Waals surface area contributed by atoms with Crippen molar-refractivity contribution in [2.75, 3.05) is 6.61 Å². The predicted molar refractivity (Wildman–Crippen MR) is 84.5 cm³/mol. The Morgan fingerprint density at radius 2 is 1.76 bits per heavy atom. The molecular weight excluding hydrogens is 262 g/mol. The highest BCUT2D eigenvalue weighted by atomic mass is 16.5. The highest BCUT2D eigenvalue weighted by Gasteiger charge is 2.14. The lowest BCUT2D eigenvalue weighted by atomic mass is 10.0. The molecule has 1 aromatic carbocycles. The molecule has 2 aromatic rings. The van der Waals surface area contributed by atoms with E-state index in [2.05, 4.69) is 37.0 Å². The third kappa shape index (κ3) is 3.48. The zero-order valence-corrected chi connectivity index (χ0v) is 13.1. The van der Waals surface area contributed by atoms with Crippen molar-refractivity contribution in [1.82, 2.24) is 4.98 Å². The first kappa shape index (κ1) is 15.2. The third-order valence-corrected chi connectivity index (χ3v) is 3.32. The van der Waals surface area contributed by atoms with Crippen LogP contribution >= 0.6 is 0 Å². The van der Waals surface area contributed by atoms with Gasteiger partial charge in [-0.1, -0.05) is 24.1 Å². The average Bonchev–Trinajstić information content (AvgIpc) is 2.45. The zero-order chi connectivity index (χ0) is 15.4. The fraction of sp³-hybridized carbons (Fsp3) is 0.333. The van der Waals surface area contributed by atoms with Crippen molar-refractivity contribution in [3.8, 4) is 11.3 Å².